The van der Waals surface area contributed by atoms with Gasteiger partial charge in [0.2, 0.25) is 5.91 Å². The Labute approximate surface area is 153 Å². The molecule has 0 aliphatic heterocycles. The molecule has 1 atom stereocenters. The van der Waals surface area contributed by atoms with Gasteiger partial charge in [0, 0.05) is 24.4 Å². The lowest BCUT2D eigenvalue weighted by atomic mass is 10.0. The van der Waals surface area contributed by atoms with Crippen molar-refractivity contribution in [3.63, 3.8) is 0 Å². The SMILES string of the molecule is COC(=O)N(C(=O)CCc1nocc1C1CC1)C(C)Cc1ccccc1. The summed E-state index contributed by atoms with van der Waals surface area (Å²) in [5.41, 5.74) is 2.98. The number of benzene rings is 1. The summed E-state index contributed by atoms with van der Waals surface area (Å²) in [4.78, 5) is 26.1. The highest BCUT2D eigenvalue weighted by Gasteiger charge is 2.31. The molecule has 1 saturated carbocycles. The first kappa shape index (κ1) is 18.2. The van der Waals surface area contributed by atoms with E-state index < -0.39 is 6.09 Å². The van der Waals surface area contributed by atoms with Gasteiger partial charge >= 0.3 is 6.09 Å². The number of carbonyl (C=O) groups excluding carboxylic acids is 2. The molecule has 1 aromatic carbocycles. The van der Waals surface area contributed by atoms with Crippen molar-refractivity contribution in [3.05, 3.63) is 53.4 Å². The van der Waals surface area contributed by atoms with Gasteiger partial charge in [-0.15, -0.1) is 0 Å². The molecular formula is C20H24N2O4. The lowest BCUT2D eigenvalue weighted by Crippen LogP contribution is -2.44. The Morgan fingerprint density at radius 3 is 2.69 bits per heavy atom. The van der Waals surface area contributed by atoms with Gasteiger partial charge in [-0.25, -0.2) is 9.69 Å². The van der Waals surface area contributed by atoms with Crippen LogP contribution >= 0.6 is 0 Å². The number of hydrogen-bond donors (Lipinski definition) is 0. The molecule has 1 aromatic heterocycles. The monoisotopic (exact) mass is 356 g/mol. The van der Waals surface area contributed by atoms with Crippen molar-refractivity contribution in [2.75, 3.05) is 7.11 Å². The summed E-state index contributed by atoms with van der Waals surface area (Å²) in [7, 11) is 1.29. The van der Waals surface area contributed by atoms with E-state index in [9.17, 15) is 9.59 Å². The zero-order valence-electron chi connectivity index (χ0n) is 15.2. The van der Waals surface area contributed by atoms with Crippen LogP contribution in [0.1, 0.15) is 48.9 Å². The Balaban J connectivity index is 1.65. The van der Waals surface area contributed by atoms with Crippen LogP contribution in [0.15, 0.2) is 41.1 Å². The average Bonchev–Trinajstić information content (AvgIpc) is 3.38. The zero-order valence-corrected chi connectivity index (χ0v) is 15.2. The standard InChI is InChI=1S/C20H24N2O4/c1-14(12-15-6-4-3-5-7-15)22(20(24)25-2)19(23)11-10-18-17(13-26-21-18)16-8-9-16/h3-7,13-14,16H,8-12H2,1-2H3. The normalized spacial score (nSPS) is 14.7. The fraction of sp³-hybridized carbons (Fsp3) is 0.450. The molecule has 6 nitrogen and oxygen atoms in total. The number of ether oxygens (including phenoxy) is 1. The molecule has 2 amide bonds. The van der Waals surface area contributed by atoms with Crippen LogP contribution in [-0.4, -0.2) is 35.2 Å². The van der Waals surface area contributed by atoms with Crippen molar-refractivity contribution in [2.24, 2.45) is 0 Å². The van der Waals surface area contributed by atoms with Crippen LogP contribution in [0.25, 0.3) is 0 Å². The molecule has 6 heteroatoms. The number of aromatic nitrogens is 1. The fourth-order valence-electron chi connectivity index (χ4n) is 3.20. The molecule has 0 saturated heterocycles. The van der Waals surface area contributed by atoms with Crippen molar-refractivity contribution in [1.82, 2.24) is 10.1 Å². The molecular weight excluding hydrogens is 332 g/mol. The molecule has 0 N–H and O–H groups in total. The third-order valence-corrected chi connectivity index (χ3v) is 4.72. The van der Waals surface area contributed by atoms with Crippen LogP contribution in [0.5, 0.6) is 0 Å². The first-order valence-electron chi connectivity index (χ1n) is 8.97. The highest BCUT2D eigenvalue weighted by molar-refractivity contribution is 5.92. The second-order valence-corrected chi connectivity index (χ2v) is 6.76. The lowest BCUT2D eigenvalue weighted by Gasteiger charge is -2.26. The summed E-state index contributed by atoms with van der Waals surface area (Å²) >= 11 is 0. The minimum atomic E-state index is -0.624. The van der Waals surface area contributed by atoms with E-state index in [0.717, 1.165) is 29.7 Å². The third kappa shape index (κ3) is 4.31. The Morgan fingerprint density at radius 1 is 1.31 bits per heavy atom. The molecule has 138 valence electrons. The van der Waals surface area contributed by atoms with Crippen molar-refractivity contribution in [2.45, 2.75) is 51.0 Å². The summed E-state index contributed by atoms with van der Waals surface area (Å²) in [5, 5.41) is 4.02. The van der Waals surface area contributed by atoms with E-state index in [1.807, 2.05) is 37.3 Å². The highest BCUT2D eigenvalue weighted by Crippen LogP contribution is 2.41. The van der Waals surface area contributed by atoms with Gasteiger partial charge in [0.1, 0.15) is 6.26 Å². The maximum atomic E-state index is 12.7. The minimum Gasteiger partial charge on any atom is -0.452 e. The first-order valence-corrected chi connectivity index (χ1v) is 8.97. The van der Waals surface area contributed by atoms with Gasteiger partial charge in [0.15, 0.2) is 0 Å². The number of hydrogen-bond acceptors (Lipinski definition) is 5. The van der Waals surface area contributed by atoms with E-state index in [1.54, 1.807) is 6.26 Å². The molecule has 1 aliphatic rings. The number of aryl methyl sites for hydroxylation is 1. The van der Waals surface area contributed by atoms with Gasteiger partial charge < -0.3 is 9.26 Å². The van der Waals surface area contributed by atoms with Gasteiger partial charge in [-0.3, -0.25) is 4.79 Å². The Bertz CT molecular complexity index is 752. The van der Waals surface area contributed by atoms with E-state index >= 15 is 0 Å². The Morgan fingerprint density at radius 2 is 2.04 bits per heavy atom. The maximum absolute atomic E-state index is 12.7. The van der Waals surface area contributed by atoms with E-state index in [2.05, 4.69) is 5.16 Å². The summed E-state index contributed by atoms with van der Waals surface area (Å²) < 4.78 is 9.90. The predicted molar refractivity (Wildman–Crippen MR) is 95.7 cm³/mol. The Kier molecular flexibility index (Phi) is 5.71. The van der Waals surface area contributed by atoms with E-state index in [0.29, 0.717) is 18.8 Å². The highest BCUT2D eigenvalue weighted by atomic mass is 16.5. The molecule has 3 rings (SSSR count). The third-order valence-electron chi connectivity index (χ3n) is 4.72. The summed E-state index contributed by atoms with van der Waals surface area (Å²) in [6.07, 6.45) is 4.58. The summed E-state index contributed by atoms with van der Waals surface area (Å²) in [6.45, 7) is 1.85. The number of rotatable bonds is 7. The topological polar surface area (TPSA) is 72.6 Å². The first-order chi connectivity index (χ1) is 12.6. The molecule has 26 heavy (non-hydrogen) atoms. The fourth-order valence-corrected chi connectivity index (χ4v) is 3.20. The van der Waals surface area contributed by atoms with E-state index in [1.165, 1.54) is 12.0 Å². The molecule has 1 heterocycles. The Hall–Kier alpha value is -2.63. The van der Waals surface area contributed by atoms with Crippen molar-refractivity contribution >= 4 is 12.0 Å². The molecule has 1 fully saturated rings. The molecule has 0 spiro atoms. The van der Waals surface area contributed by atoms with Gasteiger partial charge in [-0.2, -0.15) is 0 Å². The van der Waals surface area contributed by atoms with Crippen molar-refractivity contribution in [3.8, 4) is 0 Å². The van der Waals surface area contributed by atoms with E-state index in [4.69, 9.17) is 9.26 Å². The maximum Gasteiger partial charge on any atom is 0.416 e. The summed E-state index contributed by atoms with van der Waals surface area (Å²) in [6, 6.07) is 9.48. The molecule has 0 radical (unpaired) electrons. The number of methoxy groups -OCH3 is 1. The van der Waals surface area contributed by atoms with Crippen molar-refractivity contribution < 1.29 is 18.8 Å². The smallest absolute Gasteiger partial charge is 0.416 e. The minimum absolute atomic E-state index is 0.195. The second-order valence-electron chi connectivity index (χ2n) is 6.76. The van der Waals surface area contributed by atoms with Gasteiger partial charge in [-0.1, -0.05) is 35.5 Å². The number of carbonyl (C=O) groups is 2. The summed E-state index contributed by atoms with van der Waals surface area (Å²) in [5.74, 6) is 0.255. The van der Waals surface area contributed by atoms with Crippen LogP contribution in [0.2, 0.25) is 0 Å². The zero-order chi connectivity index (χ0) is 18.5. The molecule has 1 unspecified atom stereocenters. The largest absolute Gasteiger partial charge is 0.452 e. The molecule has 0 bridgehead atoms. The second kappa shape index (κ2) is 8.17. The van der Waals surface area contributed by atoms with Crippen LogP contribution in [0, 0.1) is 0 Å². The molecule has 2 aromatic rings. The van der Waals surface area contributed by atoms with E-state index in [-0.39, 0.29) is 18.4 Å². The predicted octanol–water partition coefficient (Wildman–Crippen LogP) is 3.71. The number of amides is 2. The van der Waals surface area contributed by atoms with Crippen LogP contribution in [0.4, 0.5) is 4.79 Å². The van der Waals surface area contributed by atoms with Gasteiger partial charge in [0.05, 0.1) is 12.8 Å². The van der Waals surface area contributed by atoms with Crippen molar-refractivity contribution in [1.29, 1.82) is 0 Å². The lowest BCUT2D eigenvalue weighted by molar-refractivity contribution is -0.131. The number of imide groups is 1. The average molecular weight is 356 g/mol. The molecule has 1 aliphatic carbocycles. The van der Waals surface area contributed by atoms with Crippen LogP contribution < -0.4 is 0 Å². The number of nitrogens with zero attached hydrogens (tertiary/aromatic N) is 2. The quantitative estimate of drug-likeness (QED) is 0.756. The van der Waals surface area contributed by atoms with Crippen LogP contribution in [-0.2, 0) is 22.4 Å². The van der Waals surface area contributed by atoms with Crippen LogP contribution in [0.3, 0.4) is 0 Å². The van der Waals surface area contributed by atoms with Gasteiger partial charge in [-0.05, 0) is 37.7 Å². The van der Waals surface area contributed by atoms with Gasteiger partial charge in [0.25, 0.3) is 0 Å².